The minimum absolute atomic E-state index is 0.118. The van der Waals surface area contributed by atoms with Gasteiger partial charge in [0.1, 0.15) is 5.82 Å². The largest absolute Gasteiger partial charge is 0.342 e. The van der Waals surface area contributed by atoms with Gasteiger partial charge in [0.25, 0.3) is 5.91 Å². The SMILES string of the molecule is CC(C)Cn1c(C(C)NC(=O)c2ccncc2)nc2ccccc21. The topological polar surface area (TPSA) is 59.8 Å². The molecule has 5 heteroatoms. The van der Waals surface area contributed by atoms with Gasteiger partial charge in [0.05, 0.1) is 17.1 Å². The van der Waals surface area contributed by atoms with E-state index in [9.17, 15) is 4.79 Å². The van der Waals surface area contributed by atoms with Gasteiger partial charge in [-0.05, 0) is 37.1 Å². The molecule has 0 fully saturated rings. The van der Waals surface area contributed by atoms with Crippen molar-refractivity contribution >= 4 is 16.9 Å². The standard InChI is InChI=1S/C19H22N4O/c1-13(2)12-23-17-7-5-4-6-16(17)22-18(23)14(3)21-19(24)15-8-10-20-11-9-15/h4-11,13-14H,12H2,1-3H3,(H,21,24). The Bertz CT molecular complexity index is 839. The molecule has 0 bridgehead atoms. The van der Waals surface area contributed by atoms with E-state index in [2.05, 4.69) is 34.8 Å². The number of para-hydroxylation sites is 2. The van der Waals surface area contributed by atoms with Crippen LogP contribution in [0.4, 0.5) is 0 Å². The summed E-state index contributed by atoms with van der Waals surface area (Å²) in [5, 5.41) is 3.04. The highest BCUT2D eigenvalue weighted by atomic mass is 16.1. The average Bonchev–Trinajstić information content (AvgIpc) is 2.94. The summed E-state index contributed by atoms with van der Waals surface area (Å²) in [5.74, 6) is 1.25. The highest BCUT2D eigenvalue weighted by Gasteiger charge is 2.19. The molecule has 3 aromatic rings. The Hall–Kier alpha value is -2.69. The Kier molecular flexibility index (Phi) is 4.60. The molecule has 0 saturated heterocycles. The number of amides is 1. The molecule has 1 aromatic carbocycles. The molecule has 0 radical (unpaired) electrons. The molecule has 2 heterocycles. The summed E-state index contributed by atoms with van der Waals surface area (Å²) in [7, 11) is 0. The molecule has 2 aromatic heterocycles. The van der Waals surface area contributed by atoms with Crippen molar-refractivity contribution in [2.45, 2.75) is 33.4 Å². The zero-order chi connectivity index (χ0) is 17.1. The molecule has 0 aliphatic heterocycles. The van der Waals surface area contributed by atoms with Crippen LogP contribution in [0.25, 0.3) is 11.0 Å². The van der Waals surface area contributed by atoms with E-state index in [-0.39, 0.29) is 11.9 Å². The number of hydrogen-bond donors (Lipinski definition) is 1. The van der Waals surface area contributed by atoms with Crippen molar-refractivity contribution in [2.24, 2.45) is 5.92 Å². The van der Waals surface area contributed by atoms with Crippen molar-refractivity contribution in [1.29, 1.82) is 0 Å². The van der Waals surface area contributed by atoms with Crippen molar-refractivity contribution in [2.75, 3.05) is 0 Å². The van der Waals surface area contributed by atoms with E-state index in [1.807, 2.05) is 25.1 Å². The maximum absolute atomic E-state index is 12.4. The third-order valence-electron chi connectivity index (χ3n) is 3.91. The lowest BCUT2D eigenvalue weighted by atomic mass is 10.2. The molecule has 0 aliphatic rings. The van der Waals surface area contributed by atoms with Crippen LogP contribution >= 0.6 is 0 Å². The lowest BCUT2D eigenvalue weighted by Crippen LogP contribution is -2.29. The van der Waals surface area contributed by atoms with Crippen LogP contribution in [0.3, 0.4) is 0 Å². The third-order valence-corrected chi connectivity index (χ3v) is 3.91. The second-order valence-corrected chi connectivity index (χ2v) is 6.39. The number of rotatable bonds is 5. The number of carbonyl (C=O) groups is 1. The van der Waals surface area contributed by atoms with Crippen molar-refractivity contribution in [3.63, 3.8) is 0 Å². The Morgan fingerprint density at radius 2 is 1.83 bits per heavy atom. The zero-order valence-electron chi connectivity index (χ0n) is 14.2. The first-order valence-electron chi connectivity index (χ1n) is 8.22. The van der Waals surface area contributed by atoms with Crippen LogP contribution in [0, 0.1) is 5.92 Å². The molecule has 0 spiro atoms. The van der Waals surface area contributed by atoms with Crippen LogP contribution in [0.5, 0.6) is 0 Å². The summed E-state index contributed by atoms with van der Waals surface area (Å²) in [6.45, 7) is 7.19. The summed E-state index contributed by atoms with van der Waals surface area (Å²) in [6, 6.07) is 11.3. The fourth-order valence-electron chi connectivity index (χ4n) is 2.83. The van der Waals surface area contributed by atoms with Gasteiger partial charge in [0.15, 0.2) is 0 Å². The first kappa shape index (κ1) is 16.2. The van der Waals surface area contributed by atoms with Gasteiger partial charge < -0.3 is 9.88 Å². The fourth-order valence-corrected chi connectivity index (χ4v) is 2.83. The molecule has 1 atom stereocenters. The van der Waals surface area contributed by atoms with Gasteiger partial charge in [-0.1, -0.05) is 26.0 Å². The van der Waals surface area contributed by atoms with Crippen molar-refractivity contribution in [3.05, 3.63) is 60.2 Å². The van der Waals surface area contributed by atoms with Crippen molar-refractivity contribution in [1.82, 2.24) is 19.9 Å². The average molecular weight is 322 g/mol. The van der Waals surface area contributed by atoms with Crippen LogP contribution in [0.2, 0.25) is 0 Å². The maximum Gasteiger partial charge on any atom is 0.251 e. The van der Waals surface area contributed by atoms with Gasteiger partial charge in [0.2, 0.25) is 0 Å². The zero-order valence-corrected chi connectivity index (χ0v) is 14.2. The number of imidazole rings is 1. The number of fused-ring (bicyclic) bond motifs is 1. The number of aromatic nitrogens is 3. The maximum atomic E-state index is 12.4. The normalized spacial score (nSPS) is 12.5. The summed E-state index contributed by atoms with van der Waals surface area (Å²) < 4.78 is 2.21. The lowest BCUT2D eigenvalue weighted by molar-refractivity contribution is 0.0937. The Morgan fingerprint density at radius 3 is 2.54 bits per heavy atom. The quantitative estimate of drug-likeness (QED) is 0.781. The summed E-state index contributed by atoms with van der Waals surface area (Å²) >= 11 is 0. The van der Waals surface area contributed by atoms with Crippen LogP contribution in [-0.2, 0) is 6.54 Å². The molecular weight excluding hydrogens is 300 g/mol. The van der Waals surface area contributed by atoms with Gasteiger partial charge >= 0.3 is 0 Å². The minimum atomic E-state index is -0.184. The van der Waals surface area contributed by atoms with E-state index < -0.39 is 0 Å². The Labute approximate surface area is 141 Å². The first-order chi connectivity index (χ1) is 11.6. The lowest BCUT2D eigenvalue weighted by Gasteiger charge is -2.17. The summed E-state index contributed by atoms with van der Waals surface area (Å²) in [4.78, 5) is 21.1. The molecule has 0 saturated carbocycles. The summed E-state index contributed by atoms with van der Waals surface area (Å²) in [6.07, 6.45) is 3.24. The Balaban J connectivity index is 1.91. The minimum Gasteiger partial charge on any atom is -0.342 e. The Morgan fingerprint density at radius 1 is 1.12 bits per heavy atom. The van der Waals surface area contributed by atoms with Gasteiger partial charge in [-0.25, -0.2) is 4.98 Å². The van der Waals surface area contributed by atoms with Gasteiger partial charge in [-0.2, -0.15) is 0 Å². The molecule has 24 heavy (non-hydrogen) atoms. The number of carbonyl (C=O) groups excluding carboxylic acids is 1. The molecule has 124 valence electrons. The molecular formula is C19H22N4O. The van der Waals surface area contributed by atoms with Crippen molar-refractivity contribution in [3.8, 4) is 0 Å². The van der Waals surface area contributed by atoms with Crippen molar-refractivity contribution < 1.29 is 4.79 Å². The monoisotopic (exact) mass is 322 g/mol. The fraction of sp³-hybridized carbons (Fsp3) is 0.316. The highest BCUT2D eigenvalue weighted by Crippen LogP contribution is 2.22. The van der Waals surface area contributed by atoms with Crippen LogP contribution in [-0.4, -0.2) is 20.4 Å². The number of hydrogen-bond acceptors (Lipinski definition) is 3. The van der Waals surface area contributed by atoms with E-state index in [1.165, 1.54) is 0 Å². The molecule has 1 unspecified atom stereocenters. The number of nitrogens with one attached hydrogen (secondary N) is 1. The van der Waals surface area contributed by atoms with Crippen LogP contribution < -0.4 is 5.32 Å². The van der Waals surface area contributed by atoms with E-state index in [0.717, 1.165) is 23.4 Å². The van der Waals surface area contributed by atoms with E-state index >= 15 is 0 Å². The number of benzene rings is 1. The van der Waals surface area contributed by atoms with Crippen LogP contribution in [0.1, 0.15) is 43.0 Å². The predicted molar refractivity (Wildman–Crippen MR) is 94.7 cm³/mol. The predicted octanol–water partition coefficient (Wildman–Crippen LogP) is 3.58. The smallest absolute Gasteiger partial charge is 0.251 e. The van der Waals surface area contributed by atoms with Gasteiger partial charge in [-0.15, -0.1) is 0 Å². The van der Waals surface area contributed by atoms with Crippen LogP contribution in [0.15, 0.2) is 48.8 Å². The summed E-state index contributed by atoms with van der Waals surface area (Å²) in [5.41, 5.74) is 2.66. The molecule has 5 nitrogen and oxygen atoms in total. The second kappa shape index (κ2) is 6.83. The number of pyridine rings is 1. The molecule has 3 rings (SSSR count). The second-order valence-electron chi connectivity index (χ2n) is 6.39. The van der Waals surface area contributed by atoms with E-state index in [0.29, 0.717) is 11.5 Å². The van der Waals surface area contributed by atoms with Gasteiger partial charge in [0, 0.05) is 24.5 Å². The van der Waals surface area contributed by atoms with E-state index in [1.54, 1.807) is 24.5 Å². The van der Waals surface area contributed by atoms with E-state index in [4.69, 9.17) is 4.98 Å². The third kappa shape index (κ3) is 3.30. The molecule has 0 aliphatic carbocycles. The first-order valence-corrected chi connectivity index (χ1v) is 8.22. The molecule has 1 amide bonds. The highest BCUT2D eigenvalue weighted by molar-refractivity contribution is 5.94. The van der Waals surface area contributed by atoms with Gasteiger partial charge in [-0.3, -0.25) is 9.78 Å². The number of nitrogens with zero attached hydrogens (tertiary/aromatic N) is 3. The molecule has 1 N–H and O–H groups in total.